The van der Waals surface area contributed by atoms with Gasteiger partial charge in [0.2, 0.25) is 0 Å². The number of fused-ring (bicyclic) bond motifs is 1. The van der Waals surface area contributed by atoms with Crippen molar-refractivity contribution < 1.29 is 4.74 Å². The number of hydrogen-bond acceptors (Lipinski definition) is 2. The molecule has 2 nitrogen and oxygen atoms in total. The summed E-state index contributed by atoms with van der Waals surface area (Å²) < 4.78 is 5.77. The molecule has 3 atom stereocenters. The van der Waals surface area contributed by atoms with Gasteiger partial charge in [-0.25, -0.2) is 0 Å². The first-order chi connectivity index (χ1) is 7.74. The Morgan fingerprint density at radius 2 is 2.19 bits per heavy atom. The zero-order valence-corrected chi connectivity index (χ0v) is 10.4. The third kappa shape index (κ3) is 2.07. The van der Waals surface area contributed by atoms with Gasteiger partial charge < -0.3 is 10.1 Å². The summed E-state index contributed by atoms with van der Waals surface area (Å²) in [5.41, 5.74) is 1.36. The van der Waals surface area contributed by atoms with Crippen molar-refractivity contribution in [3.63, 3.8) is 0 Å². The standard InChI is InChI=1S/C14H21NO/c1-4-15-11(3)14-10(2)9-16-13-8-6-5-7-12(13)14/h5-8,10-11,14-15H,4,9H2,1-3H3. The number of benzene rings is 1. The molecule has 0 aromatic heterocycles. The van der Waals surface area contributed by atoms with Gasteiger partial charge in [0, 0.05) is 12.0 Å². The molecule has 0 saturated heterocycles. The van der Waals surface area contributed by atoms with E-state index in [-0.39, 0.29) is 0 Å². The van der Waals surface area contributed by atoms with E-state index in [9.17, 15) is 0 Å². The molecule has 3 unspecified atom stereocenters. The topological polar surface area (TPSA) is 21.3 Å². The number of nitrogens with one attached hydrogen (secondary N) is 1. The van der Waals surface area contributed by atoms with E-state index in [4.69, 9.17) is 4.74 Å². The van der Waals surface area contributed by atoms with Crippen LogP contribution in [0.1, 0.15) is 32.3 Å². The molecule has 0 saturated carbocycles. The normalized spacial score (nSPS) is 25.7. The monoisotopic (exact) mass is 219 g/mol. The van der Waals surface area contributed by atoms with Gasteiger partial charge in [0.1, 0.15) is 5.75 Å². The highest BCUT2D eigenvalue weighted by atomic mass is 16.5. The van der Waals surface area contributed by atoms with E-state index in [0.717, 1.165) is 18.9 Å². The van der Waals surface area contributed by atoms with Gasteiger partial charge in [0.25, 0.3) is 0 Å². The molecule has 1 aliphatic rings. The van der Waals surface area contributed by atoms with Gasteiger partial charge in [-0.2, -0.15) is 0 Å². The maximum atomic E-state index is 5.77. The number of rotatable bonds is 3. The maximum absolute atomic E-state index is 5.77. The molecule has 88 valence electrons. The highest BCUT2D eigenvalue weighted by molar-refractivity contribution is 5.39. The minimum Gasteiger partial charge on any atom is -0.493 e. The second kappa shape index (κ2) is 4.88. The second-order valence-corrected chi connectivity index (χ2v) is 4.70. The van der Waals surface area contributed by atoms with Crippen LogP contribution in [0.15, 0.2) is 24.3 Å². The second-order valence-electron chi connectivity index (χ2n) is 4.70. The maximum Gasteiger partial charge on any atom is 0.122 e. The fourth-order valence-corrected chi connectivity index (χ4v) is 2.73. The lowest BCUT2D eigenvalue weighted by Gasteiger charge is -2.35. The van der Waals surface area contributed by atoms with Gasteiger partial charge in [-0.15, -0.1) is 0 Å². The number of ether oxygens (including phenoxy) is 1. The molecule has 2 heteroatoms. The highest BCUT2D eigenvalue weighted by Gasteiger charge is 2.31. The van der Waals surface area contributed by atoms with Crippen LogP contribution in [0.5, 0.6) is 5.75 Å². The van der Waals surface area contributed by atoms with E-state index in [0.29, 0.717) is 17.9 Å². The Kier molecular flexibility index (Phi) is 3.49. The van der Waals surface area contributed by atoms with Crippen LogP contribution in [-0.4, -0.2) is 19.2 Å². The molecule has 1 aromatic rings. The lowest BCUT2D eigenvalue weighted by Crippen LogP contribution is -2.39. The Morgan fingerprint density at radius 1 is 1.44 bits per heavy atom. The van der Waals surface area contributed by atoms with Gasteiger partial charge in [-0.05, 0) is 31.0 Å². The molecule has 0 amide bonds. The van der Waals surface area contributed by atoms with Crippen molar-refractivity contribution >= 4 is 0 Å². The van der Waals surface area contributed by atoms with Crippen LogP contribution in [0.2, 0.25) is 0 Å². The summed E-state index contributed by atoms with van der Waals surface area (Å²) in [5, 5.41) is 3.53. The Balaban J connectivity index is 2.29. The van der Waals surface area contributed by atoms with Crippen LogP contribution in [0.4, 0.5) is 0 Å². The van der Waals surface area contributed by atoms with Crippen molar-refractivity contribution in [3.05, 3.63) is 29.8 Å². The van der Waals surface area contributed by atoms with Gasteiger partial charge in [-0.1, -0.05) is 32.0 Å². The van der Waals surface area contributed by atoms with E-state index >= 15 is 0 Å². The molecule has 0 radical (unpaired) electrons. The summed E-state index contributed by atoms with van der Waals surface area (Å²) >= 11 is 0. The summed E-state index contributed by atoms with van der Waals surface area (Å²) in [6.45, 7) is 8.55. The molecule has 1 N–H and O–H groups in total. The predicted octanol–water partition coefficient (Wildman–Crippen LogP) is 2.80. The van der Waals surface area contributed by atoms with Gasteiger partial charge in [-0.3, -0.25) is 0 Å². The summed E-state index contributed by atoms with van der Waals surface area (Å²) in [7, 11) is 0. The first-order valence-corrected chi connectivity index (χ1v) is 6.19. The average Bonchev–Trinajstić information content (AvgIpc) is 2.29. The molecule has 0 fully saturated rings. The Labute approximate surface area is 98.0 Å². The van der Waals surface area contributed by atoms with Crippen molar-refractivity contribution in [2.45, 2.75) is 32.7 Å². The van der Waals surface area contributed by atoms with Crippen LogP contribution in [0.3, 0.4) is 0 Å². The van der Waals surface area contributed by atoms with E-state index in [2.05, 4.69) is 44.3 Å². The molecule has 0 bridgehead atoms. The molecule has 1 heterocycles. The number of hydrogen-bond donors (Lipinski definition) is 1. The van der Waals surface area contributed by atoms with Crippen LogP contribution in [0.25, 0.3) is 0 Å². The summed E-state index contributed by atoms with van der Waals surface area (Å²) in [5.74, 6) is 2.20. The molecule has 2 rings (SSSR count). The largest absolute Gasteiger partial charge is 0.493 e. The van der Waals surface area contributed by atoms with Crippen molar-refractivity contribution in [3.8, 4) is 5.75 Å². The van der Waals surface area contributed by atoms with Crippen molar-refractivity contribution in [2.75, 3.05) is 13.2 Å². The van der Waals surface area contributed by atoms with Gasteiger partial charge in [0.05, 0.1) is 6.61 Å². The first-order valence-electron chi connectivity index (χ1n) is 6.19. The molecule has 1 aliphatic heterocycles. The van der Waals surface area contributed by atoms with Crippen molar-refractivity contribution in [2.24, 2.45) is 5.92 Å². The summed E-state index contributed by atoms with van der Waals surface area (Å²) in [6, 6.07) is 8.93. The summed E-state index contributed by atoms with van der Waals surface area (Å²) in [6.07, 6.45) is 0. The van der Waals surface area contributed by atoms with Crippen LogP contribution in [-0.2, 0) is 0 Å². The Morgan fingerprint density at radius 3 is 2.94 bits per heavy atom. The molecule has 16 heavy (non-hydrogen) atoms. The minimum atomic E-state index is 0.505. The van der Waals surface area contributed by atoms with Crippen LogP contribution >= 0.6 is 0 Å². The molecular formula is C14H21NO. The van der Waals surface area contributed by atoms with E-state index in [1.165, 1.54) is 5.56 Å². The van der Waals surface area contributed by atoms with E-state index < -0.39 is 0 Å². The average molecular weight is 219 g/mol. The van der Waals surface area contributed by atoms with Crippen molar-refractivity contribution in [1.82, 2.24) is 5.32 Å². The first kappa shape index (κ1) is 11.5. The highest BCUT2D eigenvalue weighted by Crippen LogP contribution is 2.38. The molecule has 0 aliphatic carbocycles. The predicted molar refractivity (Wildman–Crippen MR) is 67.0 cm³/mol. The zero-order chi connectivity index (χ0) is 11.5. The van der Waals surface area contributed by atoms with Crippen LogP contribution < -0.4 is 10.1 Å². The van der Waals surface area contributed by atoms with Gasteiger partial charge in [0.15, 0.2) is 0 Å². The molecular weight excluding hydrogens is 198 g/mol. The molecule has 1 aromatic carbocycles. The summed E-state index contributed by atoms with van der Waals surface area (Å²) in [4.78, 5) is 0. The fourth-order valence-electron chi connectivity index (χ4n) is 2.73. The zero-order valence-electron chi connectivity index (χ0n) is 10.4. The Hall–Kier alpha value is -1.02. The van der Waals surface area contributed by atoms with Crippen LogP contribution in [0, 0.1) is 5.92 Å². The van der Waals surface area contributed by atoms with Crippen molar-refractivity contribution in [1.29, 1.82) is 0 Å². The van der Waals surface area contributed by atoms with Gasteiger partial charge >= 0.3 is 0 Å². The lowest BCUT2D eigenvalue weighted by atomic mass is 9.80. The van der Waals surface area contributed by atoms with E-state index in [1.54, 1.807) is 0 Å². The smallest absolute Gasteiger partial charge is 0.122 e. The third-order valence-electron chi connectivity index (χ3n) is 3.46. The fraction of sp³-hybridized carbons (Fsp3) is 0.571. The number of likely N-dealkylation sites (N-methyl/N-ethyl adjacent to an activating group) is 1. The quantitative estimate of drug-likeness (QED) is 0.844. The van der Waals surface area contributed by atoms with E-state index in [1.807, 2.05) is 6.07 Å². The number of para-hydroxylation sites is 1. The lowest BCUT2D eigenvalue weighted by molar-refractivity contribution is 0.187. The molecule has 0 spiro atoms. The SMILES string of the molecule is CCNC(C)C1c2ccccc2OCC1C. The minimum absolute atomic E-state index is 0.505. The Bertz CT molecular complexity index is 350. The third-order valence-corrected chi connectivity index (χ3v) is 3.46.